The molecule has 376 valence electrons. The van der Waals surface area contributed by atoms with Gasteiger partial charge in [-0.05, 0) is 76.2 Å². The van der Waals surface area contributed by atoms with Crippen molar-refractivity contribution in [2.45, 2.75) is 27.7 Å². The largest absolute Gasteiger partial charge is 0.399 e. The van der Waals surface area contributed by atoms with Gasteiger partial charge in [0.15, 0.2) is 0 Å². The van der Waals surface area contributed by atoms with Gasteiger partial charge in [0.1, 0.15) is 54.9 Å². The molecule has 8 amide bonds. The summed E-state index contributed by atoms with van der Waals surface area (Å²) in [7, 11) is 5.63. The molecule has 0 aliphatic carbocycles. The summed E-state index contributed by atoms with van der Waals surface area (Å²) in [5.41, 5.74) is 4.90. The number of nitrogens with zero attached hydrogens (tertiary/aromatic N) is 8. The first kappa shape index (κ1) is 54.1. The third-order valence-corrected chi connectivity index (χ3v) is 9.63. The van der Waals surface area contributed by atoms with E-state index < -0.39 is 47.3 Å². The smallest absolute Gasteiger partial charge is 0.285 e. The van der Waals surface area contributed by atoms with E-state index in [0.29, 0.717) is 67.4 Å². The Bertz CT molecular complexity index is 2340. The highest BCUT2D eigenvalue weighted by Gasteiger charge is 2.39. The number of fused-ring (bicyclic) bond motifs is 4. The van der Waals surface area contributed by atoms with Crippen LogP contribution in [0.2, 0.25) is 0 Å². The lowest BCUT2D eigenvalue weighted by Gasteiger charge is -2.12. The lowest BCUT2D eigenvalue weighted by atomic mass is 10.1. The van der Waals surface area contributed by atoms with Crippen molar-refractivity contribution < 1.29 is 77.1 Å². The number of hydroxylamine groups is 8. The standard InChI is InChI=1S/4C12H12N2O4/c4*1-8(13-17-2)7-18-14-11(15)9-5-3-4-6-10(9)12(14)16/h4*3-6H,7H2,1-2H3/b4*13-8+. The van der Waals surface area contributed by atoms with Gasteiger partial charge in [0.2, 0.25) is 0 Å². The Morgan fingerprint density at radius 1 is 0.306 bits per heavy atom. The molecule has 0 spiro atoms. The van der Waals surface area contributed by atoms with Crippen LogP contribution in [0.5, 0.6) is 0 Å². The number of benzene rings is 4. The predicted octanol–water partition coefficient (Wildman–Crippen LogP) is 4.95. The number of amides is 8. The van der Waals surface area contributed by atoms with Crippen molar-refractivity contribution >= 4 is 70.1 Å². The zero-order chi connectivity index (χ0) is 52.5. The Balaban J connectivity index is 0.000000178. The Morgan fingerprint density at radius 2 is 0.444 bits per heavy atom. The van der Waals surface area contributed by atoms with Crippen molar-refractivity contribution in [3.05, 3.63) is 142 Å². The summed E-state index contributed by atoms with van der Waals surface area (Å²) in [4.78, 5) is 134. The van der Waals surface area contributed by atoms with Gasteiger partial charge < -0.3 is 19.4 Å². The second-order valence-electron chi connectivity index (χ2n) is 14.9. The lowest BCUT2D eigenvalue weighted by Crippen LogP contribution is -2.31. The Kier molecular flexibility index (Phi) is 19.3. The molecule has 24 nitrogen and oxygen atoms in total. The molecule has 0 N–H and O–H groups in total. The Morgan fingerprint density at radius 3 is 0.569 bits per heavy atom. The molecule has 0 radical (unpaired) electrons. The molecule has 4 aliphatic rings. The monoisotopic (exact) mass is 992 g/mol. The summed E-state index contributed by atoms with van der Waals surface area (Å²) in [6.45, 7) is 6.73. The molecular weight excluding hydrogens is 945 g/mol. The number of rotatable bonds is 16. The fourth-order valence-electron chi connectivity index (χ4n) is 6.50. The minimum atomic E-state index is -0.458. The third kappa shape index (κ3) is 12.9. The van der Waals surface area contributed by atoms with Crippen LogP contribution in [-0.4, -0.2) is 145 Å². The quantitative estimate of drug-likeness (QED) is 0.0816. The summed E-state index contributed by atoms with van der Waals surface area (Å²) in [6.07, 6.45) is 0. The van der Waals surface area contributed by atoms with E-state index in [1.54, 1.807) is 125 Å². The SMILES string of the molecule is CO/N=C(\C)CON1C(=O)c2ccccc2C1=O.CO/N=C(\C)CON1C(=O)c2ccccc2C1=O.CO/N=C(\C)CON1C(=O)c2ccccc2C1=O.CO/N=C(\C)CON1C(=O)c2ccccc2C1=O. The molecule has 24 heteroatoms. The maximum atomic E-state index is 11.9. The van der Waals surface area contributed by atoms with Crippen LogP contribution in [0.25, 0.3) is 0 Å². The molecule has 8 rings (SSSR count). The molecule has 0 bridgehead atoms. The number of imide groups is 4. The summed E-state index contributed by atoms with van der Waals surface area (Å²) in [5, 5.41) is 17.5. The van der Waals surface area contributed by atoms with Gasteiger partial charge in [-0.2, -0.15) is 0 Å². The van der Waals surface area contributed by atoms with Crippen molar-refractivity contribution in [3.63, 3.8) is 0 Å². The molecule has 0 aromatic heterocycles. The van der Waals surface area contributed by atoms with E-state index in [9.17, 15) is 38.4 Å². The fourth-order valence-corrected chi connectivity index (χ4v) is 6.50. The van der Waals surface area contributed by atoms with Gasteiger partial charge >= 0.3 is 0 Å². The van der Waals surface area contributed by atoms with E-state index in [-0.39, 0.29) is 26.4 Å². The number of carbonyl (C=O) groups excluding carboxylic acids is 8. The minimum absolute atomic E-state index is 0.0132. The highest BCUT2D eigenvalue weighted by Crippen LogP contribution is 2.26. The zero-order valence-electron chi connectivity index (χ0n) is 40.2. The maximum absolute atomic E-state index is 11.9. The van der Waals surface area contributed by atoms with Crippen LogP contribution >= 0.6 is 0 Å². The van der Waals surface area contributed by atoms with Gasteiger partial charge in [0, 0.05) is 0 Å². The Hall–Kier alpha value is -8.84. The molecule has 72 heavy (non-hydrogen) atoms. The molecule has 0 fully saturated rings. The van der Waals surface area contributed by atoms with E-state index in [2.05, 4.69) is 40.0 Å². The first-order valence-corrected chi connectivity index (χ1v) is 21.3. The zero-order valence-corrected chi connectivity index (χ0v) is 40.2. The molecule has 0 unspecified atom stereocenters. The average molecular weight is 993 g/mol. The normalized spacial score (nSPS) is 15.0. The first-order chi connectivity index (χ1) is 34.6. The molecule has 0 saturated heterocycles. The van der Waals surface area contributed by atoms with Crippen LogP contribution in [0.1, 0.15) is 111 Å². The van der Waals surface area contributed by atoms with E-state index in [1.807, 2.05) is 0 Å². The van der Waals surface area contributed by atoms with Crippen LogP contribution in [-0.2, 0) is 38.7 Å². The fraction of sp³-hybridized carbons (Fsp3) is 0.250. The van der Waals surface area contributed by atoms with E-state index in [0.717, 1.165) is 20.3 Å². The number of hydrogen-bond donors (Lipinski definition) is 0. The van der Waals surface area contributed by atoms with Crippen LogP contribution in [0.3, 0.4) is 0 Å². The van der Waals surface area contributed by atoms with E-state index in [1.165, 1.54) is 28.4 Å². The van der Waals surface area contributed by atoms with E-state index >= 15 is 0 Å². The summed E-state index contributed by atoms with van der Waals surface area (Å²) >= 11 is 0. The molecule has 4 aliphatic heterocycles. The number of hydrogen-bond acceptors (Lipinski definition) is 20. The second-order valence-corrected chi connectivity index (χ2v) is 14.9. The van der Waals surface area contributed by atoms with Crippen molar-refractivity contribution in [1.82, 2.24) is 20.3 Å². The highest BCUT2D eigenvalue weighted by atomic mass is 16.7. The maximum Gasteiger partial charge on any atom is 0.285 e. The lowest BCUT2D eigenvalue weighted by molar-refractivity contribution is -0.0769. The van der Waals surface area contributed by atoms with Gasteiger partial charge in [0.05, 0.1) is 67.4 Å². The van der Waals surface area contributed by atoms with Crippen molar-refractivity contribution in [2.75, 3.05) is 54.9 Å². The topological polar surface area (TPSA) is 273 Å². The van der Waals surface area contributed by atoms with Gasteiger partial charge in [0.25, 0.3) is 47.3 Å². The molecule has 4 heterocycles. The van der Waals surface area contributed by atoms with Crippen molar-refractivity contribution in [2.24, 2.45) is 20.6 Å². The van der Waals surface area contributed by atoms with Crippen LogP contribution in [0.15, 0.2) is 118 Å². The highest BCUT2D eigenvalue weighted by molar-refractivity contribution is 6.22. The van der Waals surface area contributed by atoms with E-state index in [4.69, 9.17) is 19.4 Å². The predicted molar refractivity (Wildman–Crippen MR) is 252 cm³/mol. The summed E-state index contributed by atoms with van der Waals surface area (Å²) in [5.74, 6) is -3.66. The molecule has 4 aromatic carbocycles. The van der Waals surface area contributed by atoms with Crippen LogP contribution in [0.4, 0.5) is 0 Å². The van der Waals surface area contributed by atoms with Gasteiger partial charge in [-0.25, -0.2) is 0 Å². The number of carbonyl (C=O) groups is 8. The summed E-state index contributed by atoms with van der Waals surface area (Å²) in [6, 6.07) is 26.3. The average Bonchev–Trinajstić information content (AvgIpc) is 3.97. The Labute approximate surface area is 411 Å². The van der Waals surface area contributed by atoms with Gasteiger partial charge in [-0.1, -0.05) is 69.2 Å². The molecule has 0 saturated carbocycles. The second kappa shape index (κ2) is 25.7. The molecule has 0 atom stereocenters. The van der Waals surface area contributed by atoms with Crippen LogP contribution < -0.4 is 0 Å². The third-order valence-electron chi connectivity index (χ3n) is 9.63. The minimum Gasteiger partial charge on any atom is -0.399 e. The van der Waals surface area contributed by atoms with Crippen LogP contribution in [0, 0.1) is 0 Å². The first-order valence-electron chi connectivity index (χ1n) is 21.3. The van der Waals surface area contributed by atoms with Crippen molar-refractivity contribution in [1.29, 1.82) is 0 Å². The summed E-state index contributed by atoms with van der Waals surface area (Å²) < 4.78 is 0. The number of oxime groups is 4. The van der Waals surface area contributed by atoms with Gasteiger partial charge in [-0.15, -0.1) is 20.3 Å². The van der Waals surface area contributed by atoms with Gasteiger partial charge in [-0.3, -0.25) is 57.7 Å². The van der Waals surface area contributed by atoms with Crippen molar-refractivity contribution in [3.8, 4) is 0 Å². The molecular formula is C48H48N8O16. The molecule has 4 aromatic rings.